The van der Waals surface area contributed by atoms with Crippen LogP contribution in [0.1, 0.15) is 13.8 Å². The van der Waals surface area contributed by atoms with Gasteiger partial charge in [-0.25, -0.2) is 0 Å². The van der Waals surface area contributed by atoms with Crippen molar-refractivity contribution in [1.29, 1.82) is 0 Å². The molecule has 0 aliphatic heterocycles. The predicted octanol–water partition coefficient (Wildman–Crippen LogP) is 4.11. The summed E-state index contributed by atoms with van der Waals surface area (Å²) in [5, 5.41) is 1.36. The minimum Gasteiger partial charge on any atom is -0.326 e. The molecule has 0 saturated heterocycles. The first kappa shape index (κ1) is 14.6. The third-order valence-corrected chi connectivity index (χ3v) is 6.14. The van der Waals surface area contributed by atoms with Gasteiger partial charge in [-0.1, -0.05) is 27.5 Å². The maximum Gasteiger partial charge on any atom is 0.220 e. The molecule has 16 heavy (non-hydrogen) atoms. The Labute approximate surface area is 115 Å². The molecule has 0 aliphatic carbocycles. The molecule has 0 radical (unpaired) electrons. The summed E-state index contributed by atoms with van der Waals surface area (Å²) in [6.45, 7) is 2.38. The largest absolute Gasteiger partial charge is 0.326 e. The smallest absolute Gasteiger partial charge is 0.220 e. The van der Waals surface area contributed by atoms with Crippen LogP contribution >= 0.6 is 34.0 Å². The predicted molar refractivity (Wildman–Crippen MR) is 76.3 cm³/mol. The average Bonchev–Trinajstić information content (AvgIpc) is 2.17. The van der Waals surface area contributed by atoms with E-state index in [0.717, 1.165) is 9.78 Å². The lowest BCUT2D eigenvalue weighted by Crippen LogP contribution is -2.11. The van der Waals surface area contributed by atoms with Gasteiger partial charge in [-0.3, -0.25) is 0 Å². The van der Waals surface area contributed by atoms with Crippen molar-refractivity contribution in [2.24, 2.45) is 0 Å². The second kappa shape index (κ2) is 6.48. The van der Waals surface area contributed by atoms with Crippen molar-refractivity contribution in [1.82, 2.24) is 0 Å². The molecule has 1 aromatic rings. The van der Waals surface area contributed by atoms with E-state index in [4.69, 9.17) is 32.5 Å². The molecule has 1 rings (SSSR count). The minimum absolute atomic E-state index is 0.518. The minimum atomic E-state index is -2.45. The SMILES string of the molecule is CCOP(=S)(OCC)c1ccc(Br)cc1Cl. The maximum absolute atomic E-state index is 6.16. The molecule has 0 amide bonds. The zero-order valence-corrected chi connectivity index (χ0v) is 13.1. The van der Waals surface area contributed by atoms with E-state index in [1.807, 2.05) is 26.0 Å². The normalized spacial score (nSPS) is 11.8. The summed E-state index contributed by atoms with van der Waals surface area (Å²) in [4.78, 5) is 0. The molecule has 0 heterocycles. The highest BCUT2D eigenvalue weighted by Gasteiger charge is 2.23. The molecule has 0 N–H and O–H groups in total. The van der Waals surface area contributed by atoms with Gasteiger partial charge in [0.1, 0.15) is 0 Å². The van der Waals surface area contributed by atoms with Crippen LogP contribution < -0.4 is 5.30 Å². The van der Waals surface area contributed by atoms with Crippen molar-refractivity contribution in [2.75, 3.05) is 13.2 Å². The average molecular weight is 344 g/mol. The Kier molecular flexibility index (Phi) is 5.92. The highest BCUT2D eigenvalue weighted by atomic mass is 79.9. The Bertz CT molecular complexity index is 404. The molecule has 0 atom stereocenters. The molecule has 1 aromatic carbocycles. The summed E-state index contributed by atoms with van der Waals surface area (Å²) >= 11 is 15.0. The van der Waals surface area contributed by atoms with Gasteiger partial charge in [-0.2, -0.15) is 0 Å². The van der Waals surface area contributed by atoms with E-state index in [1.54, 1.807) is 6.07 Å². The zero-order valence-electron chi connectivity index (χ0n) is 9.07. The number of halogens is 2. The molecule has 0 aromatic heterocycles. The monoisotopic (exact) mass is 342 g/mol. The molecular formula is C10H13BrClO2PS. The summed E-state index contributed by atoms with van der Waals surface area (Å²) in [7, 11) is 0. The summed E-state index contributed by atoms with van der Waals surface area (Å²) in [5.41, 5.74) is 0. The fourth-order valence-corrected chi connectivity index (χ4v) is 5.10. The molecule has 90 valence electrons. The Morgan fingerprint density at radius 2 is 1.88 bits per heavy atom. The van der Waals surface area contributed by atoms with Gasteiger partial charge in [-0.05, 0) is 43.9 Å². The summed E-state index contributed by atoms with van der Waals surface area (Å²) in [5.74, 6) is 0. The standard InChI is InChI=1S/C10H13BrClO2PS/c1-3-13-15(16,14-4-2)10-6-5-8(11)7-9(10)12/h5-7H,3-4H2,1-2H3. The van der Waals surface area contributed by atoms with Gasteiger partial charge in [0.15, 0.2) is 0 Å². The van der Waals surface area contributed by atoms with Gasteiger partial charge >= 0.3 is 0 Å². The molecular weight excluding hydrogens is 331 g/mol. The van der Waals surface area contributed by atoms with Crippen LogP contribution in [0.15, 0.2) is 22.7 Å². The van der Waals surface area contributed by atoms with Crippen LogP contribution in [0.25, 0.3) is 0 Å². The quantitative estimate of drug-likeness (QED) is 0.750. The maximum atomic E-state index is 6.16. The van der Waals surface area contributed by atoms with Gasteiger partial charge in [-0.15, -0.1) is 0 Å². The lowest BCUT2D eigenvalue weighted by molar-refractivity contribution is 0.275. The van der Waals surface area contributed by atoms with Crippen LogP contribution in [0.5, 0.6) is 0 Å². The molecule has 6 heteroatoms. The van der Waals surface area contributed by atoms with Crippen molar-refractivity contribution in [3.8, 4) is 0 Å². The van der Waals surface area contributed by atoms with Crippen molar-refractivity contribution < 1.29 is 9.05 Å². The molecule has 0 spiro atoms. The van der Waals surface area contributed by atoms with Crippen molar-refractivity contribution >= 4 is 51.1 Å². The Hall–Kier alpha value is 0.560. The number of hydrogen-bond acceptors (Lipinski definition) is 3. The van der Waals surface area contributed by atoms with E-state index >= 15 is 0 Å². The van der Waals surface area contributed by atoms with Crippen LogP contribution in [-0.2, 0) is 20.9 Å². The van der Waals surface area contributed by atoms with Crippen molar-refractivity contribution in [2.45, 2.75) is 13.8 Å². The summed E-state index contributed by atoms with van der Waals surface area (Å²) in [6, 6.07) is 5.55. The van der Waals surface area contributed by atoms with Gasteiger partial charge in [0.2, 0.25) is 6.49 Å². The fraction of sp³-hybridized carbons (Fsp3) is 0.400. The molecule has 2 nitrogen and oxygen atoms in total. The molecule has 0 bridgehead atoms. The molecule has 0 aliphatic rings. The molecule has 0 fully saturated rings. The zero-order chi connectivity index (χ0) is 12.2. The number of hydrogen-bond donors (Lipinski definition) is 0. The third-order valence-electron chi connectivity index (χ3n) is 1.80. The van der Waals surface area contributed by atoms with E-state index in [0.29, 0.717) is 18.2 Å². The van der Waals surface area contributed by atoms with E-state index in [1.165, 1.54) is 0 Å². The Morgan fingerprint density at radius 1 is 1.31 bits per heavy atom. The van der Waals surface area contributed by atoms with Crippen LogP contribution in [0.2, 0.25) is 5.02 Å². The van der Waals surface area contributed by atoms with Gasteiger partial charge in [0.25, 0.3) is 0 Å². The lowest BCUT2D eigenvalue weighted by atomic mass is 10.4. The molecule has 0 unspecified atom stereocenters. The molecule has 0 saturated carbocycles. The highest BCUT2D eigenvalue weighted by Crippen LogP contribution is 2.49. The summed E-state index contributed by atoms with van der Waals surface area (Å²) < 4.78 is 12.1. The number of benzene rings is 1. The van der Waals surface area contributed by atoms with E-state index in [2.05, 4.69) is 15.9 Å². The summed E-state index contributed by atoms with van der Waals surface area (Å²) in [6.07, 6.45) is 0. The lowest BCUT2D eigenvalue weighted by Gasteiger charge is -2.22. The second-order valence-corrected chi connectivity index (χ2v) is 7.69. The van der Waals surface area contributed by atoms with Crippen LogP contribution in [-0.4, -0.2) is 13.2 Å². The van der Waals surface area contributed by atoms with Gasteiger partial charge < -0.3 is 9.05 Å². The fourth-order valence-electron chi connectivity index (χ4n) is 1.22. The van der Waals surface area contributed by atoms with E-state index in [-0.39, 0.29) is 0 Å². The van der Waals surface area contributed by atoms with Crippen LogP contribution in [0.4, 0.5) is 0 Å². The van der Waals surface area contributed by atoms with Gasteiger partial charge in [0, 0.05) is 4.47 Å². The Balaban J connectivity index is 3.15. The topological polar surface area (TPSA) is 18.5 Å². The van der Waals surface area contributed by atoms with Gasteiger partial charge in [0.05, 0.1) is 23.5 Å². The second-order valence-electron chi connectivity index (χ2n) is 2.93. The Morgan fingerprint density at radius 3 is 2.31 bits per heavy atom. The van der Waals surface area contributed by atoms with E-state index < -0.39 is 6.49 Å². The third kappa shape index (κ3) is 3.52. The highest BCUT2D eigenvalue weighted by molar-refractivity contribution is 9.10. The van der Waals surface area contributed by atoms with Crippen molar-refractivity contribution in [3.05, 3.63) is 27.7 Å². The number of rotatable bonds is 5. The first-order valence-corrected chi connectivity index (χ1v) is 8.69. The van der Waals surface area contributed by atoms with Crippen LogP contribution in [0.3, 0.4) is 0 Å². The van der Waals surface area contributed by atoms with Crippen molar-refractivity contribution in [3.63, 3.8) is 0 Å². The first-order valence-electron chi connectivity index (χ1n) is 4.88. The van der Waals surface area contributed by atoms with Crippen LogP contribution in [0, 0.1) is 0 Å². The van der Waals surface area contributed by atoms with E-state index in [9.17, 15) is 0 Å². The first-order chi connectivity index (χ1) is 7.53.